The Kier molecular flexibility index (Phi) is 4.69. The maximum absolute atomic E-state index is 6.25. The molecule has 0 aliphatic carbocycles. The van der Waals surface area contributed by atoms with E-state index in [1.165, 1.54) is 22.3 Å². The van der Waals surface area contributed by atoms with E-state index in [-0.39, 0.29) is 6.04 Å². The number of benzene rings is 1. The fourth-order valence-corrected chi connectivity index (χ4v) is 2.30. The Morgan fingerprint density at radius 2 is 2.05 bits per heavy atom. The number of hydrogen-bond acceptors (Lipinski definition) is 2. The maximum atomic E-state index is 6.25. The van der Waals surface area contributed by atoms with E-state index in [9.17, 15) is 0 Å². The number of nitrogens with two attached hydrogens (primary N) is 1. The van der Waals surface area contributed by atoms with Crippen LogP contribution >= 0.6 is 0 Å². The maximum Gasteiger partial charge on any atom is 0.0299 e. The smallest absolute Gasteiger partial charge is 0.0299 e. The zero-order valence-corrected chi connectivity index (χ0v) is 11.8. The second-order valence-corrected chi connectivity index (χ2v) is 5.29. The van der Waals surface area contributed by atoms with E-state index in [0.717, 1.165) is 19.3 Å². The van der Waals surface area contributed by atoms with Gasteiger partial charge >= 0.3 is 0 Å². The van der Waals surface area contributed by atoms with Gasteiger partial charge in [-0.1, -0.05) is 29.8 Å². The summed E-state index contributed by atoms with van der Waals surface area (Å²) in [6.07, 6.45) is 6.68. The molecule has 0 saturated carbocycles. The van der Waals surface area contributed by atoms with Crippen LogP contribution in [0.1, 0.15) is 28.7 Å². The second kappa shape index (κ2) is 6.48. The van der Waals surface area contributed by atoms with Gasteiger partial charge in [-0.15, -0.1) is 0 Å². The molecule has 2 aromatic rings. The van der Waals surface area contributed by atoms with Gasteiger partial charge in [0.1, 0.15) is 0 Å². The highest BCUT2D eigenvalue weighted by Gasteiger charge is 2.07. The summed E-state index contributed by atoms with van der Waals surface area (Å²) < 4.78 is 0. The van der Waals surface area contributed by atoms with Crippen molar-refractivity contribution in [1.29, 1.82) is 0 Å². The van der Waals surface area contributed by atoms with E-state index in [0.29, 0.717) is 0 Å². The Balaban J connectivity index is 1.90. The molecule has 1 atom stereocenters. The van der Waals surface area contributed by atoms with Crippen LogP contribution in [0.2, 0.25) is 0 Å². The Hall–Kier alpha value is -1.67. The topological polar surface area (TPSA) is 38.9 Å². The van der Waals surface area contributed by atoms with Crippen LogP contribution in [-0.2, 0) is 12.8 Å². The zero-order valence-electron chi connectivity index (χ0n) is 11.8. The highest BCUT2D eigenvalue weighted by atomic mass is 14.6. The normalized spacial score (nSPS) is 12.4. The second-order valence-electron chi connectivity index (χ2n) is 5.29. The van der Waals surface area contributed by atoms with Gasteiger partial charge in [0, 0.05) is 18.4 Å². The van der Waals surface area contributed by atoms with Crippen molar-refractivity contribution >= 4 is 0 Å². The van der Waals surface area contributed by atoms with E-state index in [1.807, 2.05) is 12.3 Å². The van der Waals surface area contributed by atoms with Gasteiger partial charge in [-0.25, -0.2) is 0 Å². The third kappa shape index (κ3) is 4.18. The molecular formula is C17H22N2. The molecule has 2 heteroatoms. The molecule has 0 spiro atoms. The largest absolute Gasteiger partial charge is 0.327 e. The van der Waals surface area contributed by atoms with Crippen LogP contribution in [0.4, 0.5) is 0 Å². The summed E-state index contributed by atoms with van der Waals surface area (Å²) in [5, 5.41) is 0. The molecule has 0 fully saturated rings. The first-order valence-electron chi connectivity index (χ1n) is 6.86. The first-order chi connectivity index (χ1) is 9.15. The zero-order chi connectivity index (χ0) is 13.7. The van der Waals surface area contributed by atoms with Gasteiger partial charge in [0.15, 0.2) is 0 Å². The Labute approximate surface area is 115 Å². The molecule has 100 valence electrons. The average Bonchev–Trinajstić information content (AvgIpc) is 2.42. The lowest BCUT2D eigenvalue weighted by Crippen LogP contribution is -2.24. The summed E-state index contributed by atoms with van der Waals surface area (Å²) in [6.45, 7) is 4.28. The lowest BCUT2D eigenvalue weighted by molar-refractivity contribution is 0.608. The van der Waals surface area contributed by atoms with Crippen LogP contribution in [0.15, 0.2) is 42.7 Å². The van der Waals surface area contributed by atoms with Crippen molar-refractivity contribution < 1.29 is 0 Å². The minimum atomic E-state index is 0.209. The predicted octanol–water partition coefficient (Wildman–Crippen LogP) is 3.20. The molecule has 19 heavy (non-hydrogen) atoms. The highest BCUT2D eigenvalue weighted by Crippen LogP contribution is 2.14. The Morgan fingerprint density at radius 3 is 2.79 bits per heavy atom. The van der Waals surface area contributed by atoms with Gasteiger partial charge in [0.25, 0.3) is 0 Å². The number of pyridine rings is 1. The van der Waals surface area contributed by atoms with Crippen LogP contribution in [0.5, 0.6) is 0 Å². The molecule has 0 aliphatic rings. The van der Waals surface area contributed by atoms with Crippen LogP contribution in [-0.4, -0.2) is 11.0 Å². The van der Waals surface area contributed by atoms with Crippen LogP contribution in [0.25, 0.3) is 0 Å². The van der Waals surface area contributed by atoms with E-state index in [2.05, 4.69) is 43.1 Å². The molecule has 1 aromatic heterocycles. The van der Waals surface area contributed by atoms with Gasteiger partial charge in [-0.05, 0) is 55.9 Å². The minimum absolute atomic E-state index is 0.209. The van der Waals surface area contributed by atoms with Crippen molar-refractivity contribution in [2.45, 2.75) is 39.2 Å². The lowest BCUT2D eigenvalue weighted by Gasteiger charge is -2.14. The number of aryl methyl sites for hydroxylation is 3. The molecule has 2 N–H and O–H groups in total. The molecule has 0 aliphatic heterocycles. The molecule has 0 radical (unpaired) electrons. The van der Waals surface area contributed by atoms with E-state index >= 15 is 0 Å². The number of aromatic nitrogens is 1. The summed E-state index contributed by atoms with van der Waals surface area (Å²) in [5.41, 5.74) is 11.5. The summed E-state index contributed by atoms with van der Waals surface area (Å²) >= 11 is 0. The predicted molar refractivity (Wildman–Crippen MR) is 80.2 cm³/mol. The third-order valence-electron chi connectivity index (χ3n) is 3.51. The third-order valence-corrected chi connectivity index (χ3v) is 3.51. The van der Waals surface area contributed by atoms with Crippen molar-refractivity contribution in [2.75, 3.05) is 0 Å². The van der Waals surface area contributed by atoms with Gasteiger partial charge in [0.05, 0.1) is 0 Å². The number of hydrogen-bond donors (Lipinski definition) is 1. The molecule has 2 nitrogen and oxygen atoms in total. The van der Waals surface area contributed by atoms with Crippen molar-refractivity contribution in [3.8, 4) is 0 Å². The van der Waals surface area contributed by atoms with E-state index < -0.39 is 0 Å². The van der Waals surface area contributed by atoms with E-state index in [1.54, 1.807) is 6.20 Å². The molecule has 1 unspecified atom stereocenters. The highest BCUT2D eigenvalue weighted by molar-refractivity contribution is 5.31. The van der Waals surface area contributed by atoms with Gasteiger partial charge in [0.2, 0.25) is 0 Å². The first kappa shape index (κ1) is 13.8. The van der Waals surface area contributed by atoms with E-state index in [4.69, 9.17) is 5.73 Å². The number of rotatable bonds is 5. The summed E-state index contributed by atoms with van der Waals surface area (Å²) in [6, 6.07) is 10.9. The molecule has 0 amide bonds. The molecule has 0 saturated heterocycles. The summed E-state index contributed by atoms with van der Waals surface area (Å²) in [7, 11) is 0. The van der Waals surface area contributed by atoms with Gasteiger partial charge in [-0.2, -0.15) is 0 Å². The number of nitrogens with zero attached hydrogens (tertiary/aromatic N) is 1. The molecule has 2 rings (SSSR count). The molecule has 1 aromatic carbocycles. The molecule has 1 heterocycles. The average molecular weight is 254 g/mol. The first-order valence-corrected chi connectivity index (χ1v) is 6.86. The summed E-state index contributed by atoms with van der Waals surface area (Å²) in [5.74, 6) is 0. The van der Waals surface area contributed by atoms with Crippen molar-refractivity contribution in [3.05, 3.63) is 65.0 Å². The quantitative estimate of drug-likeness (QED) is 0.890. The Morgan fingerprint density at radius 1 is 1.21 bits per heavy atom. The fourth-order valence-electron chi connectivity index (χ4n) is 2.30. The standard InChI is InChI=1S/C17H22N2/c1-13-5-6-14(2)16(10-13)11-17(18)8-7-15-4-3-9-19-12-15/h3-6,9-10,12,17H,7-8,11,18H2,1-2H3. The van der Waals surface area contributed by atoms with Crippen molar-refractivity contribution in [3.63, 3.8) is 0 Å². The van der Waals surface area contributed by atoms with Crippen LogP contribution in [0, 0.1) is 13.8 Å². The summed E-state index contributed by atoms with van der Waals surface area (Å²) in [4.78, 5) is 4.13. The molecule has 0 bridgehead atoms. The monoisotopic (exact) mass is 254 g/mol. The Bertz CT molecular complexity index is 520. The van der Waals surface area contributed by atoms with Crippen LogP contribution < -0.4 is 5.73 Å². The fraction of sp³-hybridized carbons (Fsp3) is 0.353. The lowest BCUT2D eigenvalue weighted by atomic mass is 9.96. The molecular weight excluding hydrogens is 232 g/mol. The van der Waals surface area contributed by atoms with Gasteiger partial charge in [-0.3, -0.25) is 4.98 Å². The van der Waals surface area contributed by atoms with Crippen LogP contribution in [0.3, 0.4) is 0 Å². The van der Waals surface area contributed by atoms with Crippen molar-refractivity contribution in [2.24, 2.45) is 5.73 Å². The minimum Gasteiger partial charge on any atom is -0.327 e. The van der Waals surface area contributed by atoms with Crippen molar-refractivity contribution in [1.82, 2.24) is 4.98 Å². The SMILES string of the molecule is Cc1ccc(C)c(CC(N)CCc2cccnc2)c1. The van der Waals surface area contributed by atoms with Gasteiger partial charge < -0.3 is 5.73 Å².